The zero-order valence-electron chi connectivity index (χ0n) is 17.9. The van der Waals surface area contributed by atoms with Gasteiger partial charge in [-0.15, -0.1) is 10.2 Å². The number of hydrogen-bond donors (Lipinski definition) is 1. The third kappa shape index (κ3) is 3.80. The van der Waals surface area contributed by atoms with E-state index in [4.69, 9.17) is 4.74 Å². The van der Waals surface area contributed by atoms with Crippen molar-refractivity contribution in [2.24, 2.45) is 0 Å². The van der Waals surface area contributed by atoms with Crippen LogP contribution in [0.5, 0.6) is 5.75 Å². The molecule has 2 atom stereocenters. The van der Waals surface area contributed by atoms with E-state index in [0.29, 0.717) is 29.6 Å². The average Bonchev–Trinajstić information content (AvgIpc) is 3.23. The highest BCUT2D eigenvalue weighted by molar-refractivity contribution is 7.14. The van der Waals surface area contributed by atoms with Gasteiger partial charge in [0.25, 0.3) is 5.91 Å². The van der Waals surface area contributed by atoms with Crippen LogP contribution >= 0.6 is 11.3 Å². The first-order chi connectivity index (χ1) is 15.3. The highest BCUT2D eigenvalue weighted by atomic mass is 32.1. The molecule has 4 rings (SSSR count). The quantitative estimate of drug-likeness (QED) is 0.610. The van der Waals surface area contributed by atoms with Crippen molar-refractivity contribution in [3.63, 3.8) is 0 Å². The second-order valence-electron chi connectivity index (χ2n) is 7.64. The fourth-order valence-electron chi connectivity index (χ4n) is 4.04. The van der Waals surface area contributed by atoms with Gasteiger partial charge >= 0.3 is 0 Å². The normalized spacial score (nSPS) is 18.1. The fourth-order valence-corrected chi connectivity index (χ4v) is 4.92. The van der Waals surface area contributed by atoms with Crippen LogP contribution in [-0.2, 0) is 11.2 Å². The highest BCUT2D eigenvalue weighted by Crippen LogP contribution is 2.33. The van der Waals surface area contributed by atoms with Crippen molar-refractivity contribution < 1.29 is 19.0 Å². The van der Waals surface area contributed by atoms with Gasteiger partial charge in [0.15, 0.2) is 16.5 Å². The predicted octanol–water partition coefficient (Wildman–Crippen LogP) is 2.85. The van der Waals surface area contributed by atoms with Gasteiger partial charge in [0.1, 0.15) is 10.8 Å². The number of carbonyl (C=O) groups excluding carboxylic acids is 1. The van der Waals surface area contributed by atoms with Gasteiger partial charge in [-0.1, -0.05) is 23.5 Å². The van der Waals surface area contributed by atoms with E-state index in [0.717, 1.165) is 5.56 Å². The van der Waals surface area contributed by atoms with Crippen molar-refractivity contribution in [1.82, 2.24) is 19.7 Å². The first-order valence-electron chi connectivity index (χ1n) is 10.2. The fraction of sp³-hybridized carbons (Fsp3) is 0.364. The summed E-state index contributed by atoms with van der Waals surface area (Å²) in [5.41, 5.74) is 0.311. The Balaban J connectivity index is 1.76. The maximum atomic E-state index is 13.1. The van der Waals surface area contributed by atoms with Gasteiger partial charge in [-0.2, -0.15) is 0 Å². The Bertz CT molecular complexity index is 1210. The maximum absolute atomic E-state index is 13.1. The van der Waals surface area contributed by atoms with E-state index in [9.17, 15) is 19.1 Å². The van der Waals surface area contributed by atoms with Crippen molar-refractivity contribution in [3.05, 3.63) is 62.8 Å². The number of ether oxygens (including phenoxy) is 1. The third-order valence-corrected chi connectivity index (χ3v) is 6.68. The molecular formula is C22H23FN4O4S. The number of benzene rings is 1. The smallest absolute Gasteiger partial charge is 0.274 e. The summed E-state index contributed by atoms with van der Waals surface area (Å²) in [5, 5.41) is 20.0. The molecule has 1 aliphatic rings. The number of rotatable bonds is 6. The van der Waals surface area contributed by atoms with E-state index in [1.54, 1.807) is 34.9 Å². The SMILES string of the molecule is CCN1C(=O)c2c(O)c(=O)c(-c3nnc(Cc4ccc(F)cc4)s3)cn2[C@@H](COC)[C@H]1C. The lowest BCUT2D eigenvalue weighted by atomic mass is 10.0. The number of pyridine rings is 1. The Kier molecular flexibility index (Phi) is 6.07. The van der Waals surface area contributed by atoms with Gasteiger partial charge in [-0.05, 0) is 31.5 Å². The Morgan fingerprint density at radius 2 is 1.94 bits per heavy atom. The lowest BCUT2D eigenvalue weighted by molar-refractivity contribution is 0.0420. The number of aromatic nitrogens is 3. The molecule has 1 aromatic carbocycles. The number of aromatic hydroxyl groups is 1. The van der Waals surface area contributed by atoms with Crippen molar-refractivity contribution in [2.45, 2.75) is 32.4 Å². The van der Waals surface area contributed by atoms with Crippen molar-refractivity contribution in [3.8, 4) is 16.3 Å². The molecular weight excluding hydrogens is 435 g/mol. The molecule has 3 aromatic rings. The summed E-state index contributed by atoms with van der Waals surface area (Å²) in [6.07, 6.45) is 1.99. The number of nitrogens with zero attached hydrogens (tertiary/aromatic N) is 4. The molecule has 1 N–H and O–H groups in total. The zero-order valence-corrected chi connectivity index (χ0v) is 18.7. The van der Waals surface area contributed by atoms with Crippen LogP contribution < -0.4 is 5.43 Å². The number of halogens is 1. The molecule has 0 bridgehead atoms. The van der Waals surface area contributed by atoms with Crippen molar-refractivity contribution in [2.75, 3.05) is 20.3 Å². The summed E-state index contributed by atoms with van der Waals surface area (Å²) in [6, 6.07) is 5.59. The largest absolute Gasteiger partial charge is 0.503 e. The van der Waals surface area contributed by atoms with Gasteiger partial charge in [-0.3, -0.25) is 9.59 Å². The molecule has 8 nitrogen and oxygen atoms in total. The minimum atomic E-state index is -0.671. The first-order valence-corrected chi connectivity index (χ1v) is 11.0. The lowest BCUT2D eigenvalue weighted by Gasteiger charge is -2.41. The molecule has 0 spiro atoms. The van der Waals surface area contributed by atoms with Crippen LogP contribution in [0.15, 0.2) is 35.3 Å². The van der Waals surface area contributed by atoms with E-state index in [-0.39, 0.29) is 29.2 Å². The molecule has 10 heteroatoms. The molecule has 0 aliphatic carbocycles. The van der Waals surface area contributed by atoms with Crippen LogP contribution in [0.2, 0.25) is 0 Å². The van der Waals surface area contributed by atoms with E-state index in [1.807, 2.05) is 13.8 Å². The first kappa shape index (κ1) is 22.1. The summed E-state index contributed by atoms with van der Waals surface area (Å²) in [6.45, 7) is 4.50. The molecule has 0 radical (unpaired) electrons. The summed E-state index contributed by atoms with van der Waals surface area (Å²) >= 11 is 1.21. The molecule has 168 valence electrons. The molecule has 0 fully saturated rings. The molecule has 0 saturated heterocycles. The number of hydrogen-bond acceptors (Lipinski definition) is 7. The number of amides is 1. The van der Waals surface area contributed by atoms with E-state index in [2.05, 4.69) is 10.2 Å². The van der Waals surface area contributed by atoms with Gasteiger partial charge < -0.3 is 19.3 Å². The van der Waals surface area contributed by atoms with Gasteiger partial charge in [0.2, 0.25) is 5.43 Å². The summed E-state index contributed by atoms with van der Waals surface area (Å²) < 4.78 is 20.1. The van der Waals surface area contributed by atoms with Gasteiger partial charge in [0, 0.05) is 26.3 Å². The van der Waals surface area contributed by atoms with Crippen LogP contribution in [0.1, 0.15) is 40.9 Å². The van der Waals surface area contributed by atoms with Gasteiger partial charge in [0.05, 0.1) is 24.3 Å². The van der Waals surface area contributed by atoms with Crippen molar-refractivity contribution in [1.29, 1.82) is 0 Å². The Hall–Kier alpha value is -3.11. The molecule has 2 aromatic heterocycles. The van der Waals surface area contributed by atoms with Crippen LogP contribution in [0.4, 0.5) is 4.39 Å². The van der Waals surface area contributed by atoms with E-state index in [1.165, 1.54) is 23.5 Å². The van der Waals surface area contributed by atoms with Crippen molar-refractivity contribution >= 4 is 17.2 Å². The minimum Gasteiger partial charge on any atom is -0.503 e. The minimum absolute atomic E-state index is 0.0446. The number of fused-ring (bicyclic) bond motifs is 1. The van der Waals surface area contributed by atoms with Gasteiger partial charge in [-0.25, -0.2) is 4.39 Å². The van der Waals surface area contributed by atoms with Crippen LogP contribution in [0, 0.1) is 5.82 Å². The zero-order chi connectivity index (χ0) is 23.0. The monoisotopic (exact) mass is 458 g/mol. The predicted molar refractivity (Wildman–Crippen MR) is 118 cm³/mol. The number of likely N-dealkylation sites (N-methyl/N-ethyl adjacent to an activating group) is 1. The molecule has 1 amide bonds. The standard InChI is InChI=1S/C22H23FN4O4S/c1-4-26-12(2)16(11-31-3)27-10-15(19(28)20(29)18(27)22(26)30)21-25-24-17(32-21)9-13-5-7-14(23)8-6-13/h5-8,10,12,16,29H,4,9,11H2,1-3H3/t12-,16+/m1/s1. The summed E-state index contributed by atoms with van der Waals surface area (Å²) in [5.74, 6) is -1.32. The van der Waals surface area contributed by atoms with Crippen LogP contribution in [0.25, 0.3) is 10.6 Å². The molecule has 32 heavy (non-hydrogen) atoms. The summed E-state index contributed by atoms with van der Waals surface area (Å²) in [7, 11) is 1.56. The Labute approximate surface area is 187 Å². The van der Waals surface area contributed by atoms with E-state index >= 15 is 0 Å². The second-order valence-corrected chi connectivity index (χ2v) is 8.70. The Morgan fingerprint density at radius 3 is 2.59 bits per heavy atom. The number of methoxy groups -OCH3 is 1. The molecule has 0 saturated carbocycles. The van der Waals surface area contributed by atoms with Crippen LogP contribution in [-0.4, -0.2) is 57.0 Å². The third-order valence-electron chi connectivity index (χ3n) is 5.72. The average molecular weight is 459 g/mol. The number of carbonyl (C=O) groups is 1. The lowest BCUT2D eigenvalue weighted by Crippen LogP contribution is -2.51. The highest BCUT2D eigenvalue weighted by Gasteiger charge is 2.39. The second kappa shape index (κ2) is 8.79. The molecule has 3 heterocycles. The summed E-state index contributed by atoms with van der Waals surface area (Å²) in [4.78, 5) is 27.6. The van der Waals surface area contributed by atoms with Crippen LogP contribution in [0.3, 0.4) is 0 Å². The maximum Gasteiger partial charge on any atom is 0.274 e. The molecule has 0 unspecified atom stereocenters. The molecule has 1 aliphatic heterocycles. The Morgan fingerprint density at radius 1 is 1.22 bits per heavy atom. The topological polar surface area (TPSA) is 97.5 Å². The van der Waals surface area contributed by atoms with E-state index < -0.39 is 17.1 Å².